The van der Waals surface area contributed by atoms with Gasteiger partial charge in [0.25, 0.3) is 0 Å². The second kappa shape index (κ2) is 10.3. The van der Waals surface area contributed by atoms with Crippen LogP contribution in [0.25, 0.3) is 5.70 Å². The molecule has 1 aliphatic carbocycles. The van der Waals surface area contributed by atoms with Gasteiger partial charge in [0.15, 0.2) is 0 Å². The van der Waals surface area contributed by atoms with Crippen LogP contribution in [0, 0.1) is 0 Å². The highest BCUT2D eigenvalue weighted by molar-refractivity contribution is 5.72. The summed E-state index contributed by atoms with van der Waals surface area (Å²) in [6.45, 7) is 10.0. The summed E-state index contributed by atoms with van der Waals surface area (Å²) in [7, 11) is 0. The summed E-state index contributed by atoms with van der Waals surface area (Å²) < 4.78 is 39.7. The summed E-state index contributed by atoms with van der Waals surface area (Å²) in [6, 6.07) is 4.70. The van der Waals surface area contributed by atoms with E-state index in [0.717, 1.165) is 62.0 Å². The molecular weight excluding hydrogens is 361 g/mol. The van der Waals surface area contributed by atoms with Gasteiger partial charge in [-0.05, 0) is 80.8 Å². The van der Waals surface area contributed by atoms with Crippen LogP contribution in [0.15, 0.2) is 23.8 Å². The number of nitrogens with one attached hydrogen (secondary N) is 2. The minimum Gasteiger partial charge on any atom is -0.382 e. The third kappa shape index (κ3) is 5.53. The van der Waals surface area contributed by atoms with E-state index in [4.69, 9.17) is 0 Å². The Balaban J connectivity index is 0.00000136. The Morgan fingerprint density at radius 2 is 1.82 bits per heavy atom. The SMILES string of the molecule is CC.CCC(C)c1cc(C(F)(F)F)ccc1C(NC1CCNCC1)=C1CCC1. The van der Waals surface area contributed by atoms with Gasteiger partial charge in [-0.15, -0.1) is 0 Å². The monoisotopic (exact) mass is 396 g/mol. The molecule has 2 nitrogen and oxygen atoms in total. The largest absolute Gasteiger partial charge is 0.416 e. The quantitative estimate of drug-likeness (QED) is 0.595. The third-order valence-corrected chi connectivity index (χ3v) is 5.79. The van der Waals surface area contributed by atoms with Crippen molar-refractivity contribution in [1.29, 1.82) is 0 Å². The predicted octanol–water partition coefficient (Wildman–Crippen LogP) is 6.48. The van der Waals surface area contributed by atoms with E-state index < -0.39 is 11.7 Å². The van der Waals surface area contributed by atoms with Crippen LogP contribution in [0.5, 0.6) is 0 Å². The highest BCUT2D eigenvalue weighted by Gasteiger charge is 2.32. The average molecular weight is 397 g/mol. The Labute approximate surface area is 168 Å². The van der Waals surface area contributed by atoms with Crippen molar-refractivity contribution in [2.75, 3.05) is 13.1 Å². The Hall–Kier alpha value is -1.49. The molecule has 1 aromatic rings. The van der Waals surface area contributed by atoms with Gasteiger partial charge < -0.3 is 10.6 Å². The maximum Gasteiger partial charge on any atom is 0.416 e. The molecule has 28 heavy (non-hydrogen) atoms. The van der Waals surface area contributed by atoms with Crippen LogP contribution in [-0.2, 0) is 6.18 Å². The van der Waals surface area contributed by atoms with Gasteiger partial charge in [0.2, 0.25) is 0 Å². The number of benzene rings is 1. The molecule has 1 saturated carbocycles. The average Bonchev–Trinajstić information content (AvgIpc) is 2.66. The van der Waals surface area contributed by atoms with Crippen molar-refractivity contribution < 1.29 is 13.2 Å². The van der Waals surface area contributed by atoms with E-state index >= 15 is 0 Å². The number of halogens is 3. The molecule has 0 spiro atoms. The van der Waals surface area contributed by atoms with E-state index in [9.17, 15) is 13.2 Å². The molecule has 1 saturated heterocycles. The Morgan fingerprint density at radius 3 is 2.32 bits per heavy atom. The maximum atomic E-state index is 13.2. The van der Waals surface area contributed by atoms with E-state index in [1.54, 1.807) is 6.07 Å². The lowest BCUT2D eigenvalue weighted by atomic mass is 9.83. The molecule has 3 rings (SSSR count). The molecule has 1 atom stereocenters. The summed E-state index contributed by atoms with van der Waals surface area (Å²) in [5.41, 5.74) is 3.72. The van der Waals surface area contributed by atoms with Gasteiger partial charge in [0.05, 0.1) is 5.56 Å². The van der Waals surface area contributed by atoms with Crippen LogP contribution in [-0.4, -0.2) is 19.1 Å². The molecule has 1 aromatic carbocycles. The second-order valence-corrected chi connectivity index (χ2v) is 7.61. The van der Waals surface area contributed by atoms with Crippen LogP contribution in [0.1, 0.15) is 88.8 Å². The van der Waals surface area contributed by atoms with E-state index in [1.807, 2.05) is 27.7 Å². The van der Waals surface area contributed by atoms with E-state index in [0.29, 0.717) is 6.04 Å². The Bertz CT molecular complexity index is 652. The molecule has 1 heterocycles. The first kappa shape index (κ1) is 22.8. The van der Waals surface area contributed by atoms with Crippen molar-refractivity contribution in [3.8, 4) is 0 Å². The summed E-state index contributed by atoms with van der Waals surface area (Å²) in [4.78, 5) is 0. The number of piperidine rings is 1. The van der Waals surface area contributed by atoms with Crippen LogP contribution >= 0.6 is 0 Å². The zero-order valence-electron chi connectivity index (χ0n) is 17.7. The molecule has 2 aliphatic rings. The van der Waals surface area contributed by atoms with Crippen LogP contribution in [0.2, 0.25) is 0 Å². The second-order valence-electron chi connectivity index (χ2n) is 7.61. The Kier molecular flexibility index (Phi) is 8.41. The molecule has 1 unspecified atom stereocenters. The fraction of sp³-hybridized carbons (Fsp3) is 0.652. The number of rotatable bonds is 5. The normalized spacial score (nSPS) is 18.6. The van der Waals surface area contributed by atoms with E-state index in [1.165, 1.54) is 24.1 Å². The fourth-order valence-electron chi connectivity index (χ4n) is 3.74. The molecule has 2 fully saturated rings. The Morgan fingerprint density at radius 1 is 1.18 bits per heavy atom. The fourth-order valence-corrected chi connectivity index (χ4v) is 3.74. The van der Waals surface area contributed by atoms with Gasteiger partial charge in [-0.1, -0.05) is 33.8 Å². The van der Waals surface area contributed by atoms with Crippen molar-refractivity contribution >= 4 is 5.70 Å². The van der Waals surface area contributed by atoms with Gasteiger partial charge in [0, 0.05) is 17.3 Å². The minimum atomic E-state index is -4.30. The molecular formula is C23H35F3N2. The predicted molar refractivity (Wildman–Crippen MR) is 111 cm³/mol. The van der Waals surface area contributed by atoms with Gasteiger partial charge in [-0.25, -0.2) is 0 Å². The zero-order chi connectivity index (χ0) is 20.7. The molecule has 2 N–H and O–H groups in total. The molecule has 158 valence electrons. The van der Waals surface area contributed by atoms with Crippen molar-refractivity contribution in [2.45, 2.75) is 84.4 Å². The smallest absolute Gasteiger partial charge is 0.382 e. The molecule has 0 radical (unpaired) electrons. The highest BCUT2D eigenvalue weighted by atomic mass is 19.4. The lowest BCUT2D eigenvalue weighted by molar-refractivity contribution is -0.137. The number of hydrogen-bond acceptors (Lipinski definition) is 2. The zero-order valence-corrected chi connectivity index (χ0v) is 17.7. The first-order valence-corrected chi connectivity index (χ1v) is 10.8. The standard InChI is InChI=1S/C21H29F3N2.C2H6/c1-3-14(2)19-13-16(21(22,23)24)7-8-18(19)20(15-5-4-6-15)26-17-9-11-25-12-10-17;1-2/h7-8,13-14,17,25-26H,3-6,9-12H2,1-2H3;1-2H3. The third-order valence-electron chi connectivity index (χ3n) is 5.79. The topological polar surface area (TPSA) is 24.1 Å². The summed E-state index contributed by atoms with van der Waals surface area (Å²) in [5, 5.41) is 7.08. The first-order chi connectivity index (χ1) is 13.4. The molecule has 1 aliphatic heterocycles. The van der Waals surface area contributed by atoms with Gasteiger partial charge in [-0.2, -0.15) is 13.2 Å². The van der Waals surface area contributed by atoms with Crippen LogP contribution in [0.3, 0.4) is 0 Å². The van der Waals surface area contributed by atoms with Crippen LogP contribution < -0.4 is 10.6 Å². The van der Waals surface area contributed by atoms with Crippen molar-refractivity contribution in [3.05, 3.63) is 40.5 Å². The maximum absolute atomic E-state index is 13.2. The molecule has 0 amide bonds. The highest BCUT2D eigenvalue weighted by Crippen LogP contribution is 2.39. The van der Waals surface area contributed by atoms with Crippen molar-refractivity contribution in [3.63, 3.8) is 0 Å². The summed E-state index contributed by atoms with van der Waals surface area (Å²) in [6.07, 6.45) is 1.90. The lowest BCUT2D eigenvalue weighted by Crippen LogP contribution is -2.39. The first-order valence-electron chi connectivity index (χ1n) is 10.8. The summed E-state index contributed by atoms with van der Waals surface area (Å²) in [5.74, 6) is 0.0952. The summed E-state index contributed by atoms with van der Waals surface area (Å²) >= 11 is 0. The molecule has 0 bridgehead atoms. The molecule has 5 heteroatoms. The van der Waals surface area contributed by atoms with Gasteiger partial charge >= 0.3 is 6.18 Å². The number of allylic oxidation sites excluding steroid dienone is 1. The van der Waals surface area contributed by atoms with Crippen LogP contribution in [0.4, 0.5) is 13.2 Å². The number of alkyl halides is 3. The molecule has 0 aromatic heterocycles. The van der Waals surface area contributed by atoms with E-state index in [-0.39, 0.29) is 5.92 Å². The van der Waals surface area contributed by atoms with Gasteiger partial charge in [-0.3, -0.25) is 0 Å². The van der Waals surface area contributed by atoms with Gasteiger partial charge in [0.1, 0.15) is 0 Å². The minimum absolute atomic E-state index is 0.0952. The van der Waals surface area contributed by atoms with Crippen molar-refractivity contribution in [1.82, 2.24) is 10.6 Å². The van der Waals surface area contributed by atoms with Crippen molar-refractivity contribution in [2.24, 2.45) is 0 Å². The lowest BCUT2D eigenvalue weighted by Gasteiger charge is -2.32. The number of hydrogen-bond donors (Lipinski definition) is 2. The van der Waals surface area contributed by atoms with E-state index in [2.05, 4.69) is 10.6 Å².